The molecule has 3 heteroatoms. The molecule has 3 nitrogen and oxygen atoms in total. The number of nitrogens with zero attached hydrogens (tertiary/aromatic N) is 1. The van der Waals surface area contributed by atoms with Gasteiger partial charge >= 0.3 is 0 Å². The Labute approximate surface area is 144 Å². The third-order valence-corrected chi connectivity index (χ3v) is 6.35. The second-order valence-electron chi connectivity index (χ2n) is 8.07. The highest BCUT2D eigenvalue weighted by Crippen LogP contribution is 2.46. The Bertz CT molecular complexity index is 664. The third-order valence-electron chi connectivity index (χ3n) is 6.35. The van der Waals surface area contributed by atoms with Crippen molar-refractivity contribution >= 4 is 12.1 Å². The molecule has 1 saturated heterocycles. The van der Waals surface area contributed by atoms with Crippen molar-refractivity contribution in [2.75, 3.05) is 13.1 Å². The van der Waals surface area contributed by atoms with Crippen LogP contribution in [0.1, 0.15) is 55.2 Å². The Morgan fingerprint density at radius 3 is 2.92 bits per heavy atom. The van der Waals surface area contributed by atoms with E-state index in [4.69, 9.17) is 0 Å². The van der Waals surface area contributed by atoms with Crippen LogP contribution in [0.4, 0.5) is 0 Å². The summed E-state index contributed by atoms with van der Waals surface area (Å²) >= 11 is 0. The maximum atomic E-state index is 13.5. The van der Waals surface area contributed by atoms with E-state index in [0.29, 0.717) is 12.2 Å². The minimum Gasteiger partial charge on any atom is -0.303 e. The first kappa shape index (κ1) is 16.0. The number of fused-ring (bicyclic) bond motifs is 4. The van der Waals surface area contributed by atoms with Gasteiger partial charge in [0.2, 0.25) is 0 Å². The van der Waals surface area contributed by atoms with Crippen molar-refractivity contribution in [2.45, 2.75) is 63.3 Å². The second kappa shape index (κ2) is 6.11. The molecular weight excluding hydrogens is 298 g/mol. The number of hydrogen-bond acceptors (Lipinski definition) is 3. The average Bonchev–Trinajstić information content (AvgIpc) is 3.37. The Balaban J connectivity index is 1.70. The minimum atomic E-state index is -0.340. The van der Waals surface area contributed by atoms with Gasteiger partial charge in [-0.05, 0) is 62.5 Å². The Morgan fingerprint density at radius 1 is 1.33 bits per heavy atom. The first-order chi connectivity index (χ1) is 11.6. The molecule has 0 N–H and O–H groups in total. The maximum Gasteiger partial charge on any atom is 0.160 e. The number of Topliss-reactive ketones (excluding diaryl/α,β-unsaturated/α-hetero) is 1. The molecule has 0 aromatic heterocycles. The standard InChI is InChI=1S/C21H27NO2/c1-15-4-7-17-13-19-20(24)21(18(17)12-15,8-2-3-11-23)9-10-22(19)14-16-5-6-16/h4,7,11-12,16,19H,2-3,5-6,8-10,13-14H2,1H3/t19-,21+/m1/s1. The summed E-state index contributed by atoms with van der Waals surface area (Å²) in [6, 6.07) is 6.71. The molecule has 0 amide bonds. The van der Waals surface area contributed by atoms with Gasteiger partial charge in [-0.1, -0.05) is 23.8 Å². The van der Waals surface area contributed by atoms with E-state index in [-0.39, 0.29) is 11.5 Å². The lowest BCUT2D eigenvalue weighted by Crippen LogP contribution is -2.61. The number of aldehydes is 1. The van der Waals surface area contributed by atoms with E-state index in [2.05, 4.69) is 30.0 Å². The third kappa shape index (κ3) is 2.63. The Morgan fingerprint density at radius 2 is 2.17 bits per heavy atom. The smallest absolute Gasteiger partial charge is 0.160 e. The first-order valence-electron chi connectivity index (χ1n) is 9.46. The Hall–Kier alpha value is -1.48. The summed E-state index contributed by atoms with van der Waals surface area (Å²) in [5.74, 6) is 1.25. The second-order valence-corrected chi connectivity index (χ2v) is 8.07. The van der Waals surface area contributed by atoms with Crippen LogP contribution in [0.15, 0.2) is 18.2 Å². The number of likely N-dealkylation sites (tertiary alicyclic amines) is 1. The van der Waals surface area contributed by atoms with Gasteiger partial charge in [0.1, 0.15) is 6.29 Å². The molecule has 0 unspecified atom stereocenters. The van der Waals surface area contributed by atoms with E-state index < -0.39 is 0 Å². The predicted molar refractivity (Wildman–Crippen MR) is 94.2 cm³/mol. The number of rotatable bonds is 6. The molecule has 1 aromatic rings. The van der Waals surface area contributed by atoms with E-state index in [1.165, 1.54) is 29.5 Å². The van der Waals surface area contributed by atoms with Crippen molar-refractivity contribution in [3.8, 4) is 0 Å². The number of ketones is 1. The van der Waals surface area contributed by atoms with Crippen molar-refractivity contribution in [3.63, 3.8) is 0 Å². The molecule has 24 heavy (non-hydrogen) atoms. The molecule has 2 atom stereocenters. The van der Waals surface area contributed by atoms with Crippen molar-refractivity contribution in [2.24, 2.45) is 5.92 Å². The summed E-state index contributed by atoms with van der Waals surface area (Å²) in [7, 11) is 0. The summed E-state index contributed by atoms with van der Waals surface area (Å²) in [6.07, 6.45) is 7.65. The molecule has 1 aromatic carbocycles. The number of aryl methyl sites for hydroxylation is 1. The molecule has 1 saturated carbocycles. The highest BCUT2D eigenvalue weighted by molar-refractivity contribution is 5.97. The van der Waals surface area contributed by atoms with Crippen LogP contribution >= 0.6 is 0 Å². The van der Waals surface area contributed by atoms with Crippen LogP contribution < -0.4 is 0 Å². The van der Waals surface area contributed by atoms with Gasteiger partial charge < -0.3 is 4.79 Å². The zero-order valence-corrected chi connectivity index (χ0v) is 14.6. The normalized spacial score (nSPS) is 29.4. The van der Waals surface area contributed by atoms with Gasteiger partial charge in [-0.15, -0.1) is 0 Å². The largest absolute Gasteiger partial charge is 0.303 e. The molecule has 128 valence electrons. The number of hydrogen-bond donors (Lipinski definition) is 0. The predicted octanol–water partition coefficient (Wildman–Crippen LogP) is 3.21. The minimum absolute atomic E-state index is 0.0609. The van der Waals surface area contributed by atoms with Crippen molar-refractivity contribution in [1.82, 2.24) is 4.90 Å². The maximum absolute atomic E-state index is 13.5. The van der Waals surface area contributed by atoms with Crippen LogP contribution in [0, 0.1) is 12.8 Å². The van der Waals surface area contributed by atoms with E-state index in [9.17, 15) is 9.59 Å². The lowest BCUT2D eigenvalue weighted by molar-refractivity contribution is -0.136. The Kier molecular flexibility index (Phi) is 4.07. The number of unbranched alkanes of at least 4 members (excludes halogenated alkanes) is 1. The van der Waals surface area contributed by atoms with Gasteiger partial charge in [-0.25, -0.2) is 0 Å². The van der Waals surface area contributed by atoms with Gasteiger partial charge in [0.15, 0.2) is 5.78 Å². The lowest BCUT2D eigenvalue weighted by Gasteiger charge is -2.50. The number of carbonyl (C=O) groups is 2. The van der Waals surface area contributed by atoms with Crippen LogP contribution in [-0.4, -0.2) is 36.1 Å². The zero-order chi connectivity index (χ0) is 16.7. The van der Waals surface area contributed by atoms with Gasteiger partial charge in [-0.3, -0.25) is 9.69 Å². The molecule has 2 aliphatic carbocycles. The van der Waals surface area contributed by atoms with Crippen LogP contribution in [0.25, 0.3) is 0 Å². The summed E-state index contributed by atoms with van der Waals surface area (Å²) < 4.78 is 0. The fraction of sp³-hybridized carbons (Fsp3) is 0.619. The number of carbonyl (C=O) groups excluding carboxylic acids is 2. The molecular formula is C21H27NO2. The van der Waals surface area contributed by atoms with Crippen molar-refractivity contribution in [1.29, 1.82) is 0 Å². The highest BCUT2D eigenvalue weighted by atomic mass is 16.1. The van der Waals surface area contributed by atoms with E-state index >= 15 is 0 Å². The van der Waals surface area contributed by atoms with Crippen LogP contribution in [0.3, 0.4) is 0 Å². The molecule has 2 fully saturated rings. The quantitative estimate of drug-likeness (QED) is 0.595. The SMILES string of the molecule is Cc1ccc2c(c1)[C@]1(CCCC=O)CCN(CC3CC3)[C@H](C2)C1=O. The molecule has 1 aliphatic heterocycles. The number of piperidine rings is 1. The average molecular weight is 325 g/mol. The monoisotopic (exact) mass is 325 g/mol. The molecule has 3 aliphatic rings. The van der Waals surface area contributed by atoms with E-state index in [1.54, 1.807) is 0 Å². The fourth-order valence-corrected chi connectivity index (χ4v) is 4.83. The van der Waals surface area contributed by atoms with Crippen LogP contribution in [0.5, 0.6) is 0 Å². The molecule has 0 radical (unpaired) electrons. The van der Waals surface area contributed by atoms with Gasteiger partial charge in [-0.2, -0.15) is 0 Å². The fourth-order valence-electron chi connectivity index (χ4n) is 4.83. The summed E-state index contributed by atoms with van der Waals surface area (Å²) in [5.41, 5.74) is 3.51. The zero-order valence-electron chi connectivity index (χ0n) is 14.6. The molecule has 1 heterocycles. The highest BCUT2D eigenvalue weighted by Gasteiger charge is 2.52. The van der Waals surface area contributed by atoms with E-state index in [1.807, 2.05) is 0 Å². The molecule has 2 bridgehead atoms. The van der Waals surface area contributed by atoms with Gasteiger partial charge in [0.05, 0.1) is 11.5 Å². The van der Waals surface area contributed by atoms with Gasteiger partial charge in [0.25, 0.3) is 0 Å². The lowest BCUT2D eigenvalue weighted by atomic mass is 9.60. The molecule has 0 spiro atoms. The van der Waals surface area contributed by atoms with Crippen molar-refractivity contribution in [3.05, 3.63) is 34.9 Å². The summed E-state index contributed by atoms with van der Waals surface area (Å²) in [5, 5.41) is 0. The van der Waals surface area contributed by atoms with Crippen LogP contribution in [0.2, 0.25) is 0 Å². The van der Waals surface area contributed by atoms with Crippen LogP contribution in [-0.2, 0) is 21.4 Å². The summed E-state index contributed by atoms with van der Waals surface area (Å²) in [6.45, 7) is 4.24. The number of benzene rings is 1. The topological polar surface area (TPSA) is 37.4 Å². The molecule has 4 rings (SSSR count). The first-order valence-corrected chi connectivity index (χ1v) is 9.46. The summed E-state index contributed by atoms with van der Waals surface area (Å²) in [4.78, 5) is 26.7. The van der Waals surface area contributed by atoms with Gasteiger partial charge in [0, 0.05) is 19.5 Å². The van der Waals surface area contributed by atoms with Crippen molar-refractivity contribution < 1.29 is 9.59 Å². The van der Waals surface area contributed by atoms with E-state index in [0.717, 1.165) is 51.0 Å².